The monoisotopic (exact) mass is 293 g/mol. The zero-order valence-corrected chi connectivity index (χ0v) is 11.9. The van der Waals surface area contributed by atoms with Gasteiger partial charge in [0.2, 0.25) is 5.91 Å². The average molecular weight is 294 g/mol. The highest BCUT2D eigenvalue weighted by atomic mass is 35.5. The number of carbonyl (C=O) groups is 1. The lowest BCUT2D eigenvalue weighted by molar-refractivity contribution is -0.131. The molecule has 0 aliphatic rings. The molecule has 2 rings (SSSR count). The van der Waals surface area contributed by atoms with Crippen LogP contribution in [-0.4, -0.2) is 32.8 Å². The summed E-state index contributed by atoms with van der Waals surface area (Å²) in [4.78, 5) is 13.7. The molecule has 0 atom stereocenters. The van der Waals surface area contributed by atoms with Gasteiger partial charge in [0.1, 0.15) is 6.54 Å². The van der Waals surface area contributed by atoms with E-state index in [0.717, 1.165) is 5.56 Å². The molecule has 106 valence electrons. The van der Waals surface area contributed by atoms with Gasteiger partial charge in [-0.1, -0.05) is 35.0 Å². The fourth-order valence-corrected chi connectivity index (χ4v) is 1.93. The van der Waals surface area contributed by atoms with E-state index < -0.39 is 0 Å². The molecule has 2 aromatic rings. The van der Waals surface area contributed by atoms with Crippen LogP contribution in [0.25, 0.3) is 0 Å². The smallest absolute Gasteiger partial charge is 0.244 e. The molecule has 0 fully saturated rings. The Bertz CT molecular complexity index is 598. The fraction of sp³-hybridized carbons (Fsp3) is 0.308. The Labute approximate surface area is 122 Å². The molecule has 1 aromatic carbocycles. The number of hydrogen-bond acceptors (Lipinski definition) is 4. The van der Waals surface area contributed by atoms with E-state index in [9.17, 15) is 4.79 Å². The molecule has 0 bridgehead atoms. The average Bonchev–Trinajstić information content (AvgIpc) is 2.89. The second-order valence-corrected chi connectivity index (χ2v) is 4.86. The predicted molar refractivity (Wildman–Crippen MR) is 75.8 cm³/mol. The van der Waals surface area contributed by atoms with Gasteiger partial charge in [0.25, 0.3) is 0 Å². The predicted octanol–water partition coefficient (Wildman–Crippen LogP) is 1.05. The Hall–Kier alpha value is -1.92. The van der Waals surface area contributed by atoms with E-state index in [4.69, 9.17) is 17.3 Å². The van der Waals surface area contributed by atoms with Gasteiger partial charge < -0.3 is 10.6 Å². The molecule has 0 radical (unpaired) electrons. The van der Waals surface area contributed by atoms with Gasteiger partial charge in [-0.05, 0) is 11.6 Å². The molecule has 1 heterocycles. The Balaban J connectivity index is 1.97. The first-order chi connectivity index (χ1) is 9.60. The van der Waals surface area contributed by atoms with E-state index in [0.29, 0.717) is 23.8 Å². The number of aromatic nitrogens is 3. The van der Waals surface area contributed by atoms with E-state index in [1.165, 1.54) is 4.68 Å². The molecule has 1 aromatic heterocycles. The zero-order valence-electron chi connectivity index (χ0n) is 11.2. The number of rotatable bonds is 5. The van der Waals surface area contributed by atoms with Crippen LogP contribution in [0, 0.1) is 0 Å². The lowest BCUT2D eigenvalue weighted by Gasteiger charge is -2.17. The van der Waals surface area contributed by atoms with Crippen LogP contribution in [-0.2, 0) is 24.4 Å². The molecule has 0 unspecified atom stereocenters. The van der Waals surface area contributed by atoms with E-state index in [-0.39, 0.29) is 12.5 Å². The quantitative estimate of drug-likeness (QED) is 0.894. The van der Waals surface area contributed by atoms with Crippen molar-refractivity contribution < 1.29 is 4.79 Å². The van der Waals surface area contributed by atoms with Crippen LogP contribution in [0.15, 0.2) is 30.5 Å². The van der Waals surface area contributed by atoms with Crippen molar-refractivity contribution >= 4 is 17.5 Å². The van der Waals surface area contributed by atoms with Gasteiger partial charge in [-0.2, -0.15) is 0 Å². The number of amides is 1. The molecule has 7 heteroatoms. The minimum absolute atomic E-state index is 0.0709. The third kappa shape index (κ3) is 3.55. The van der Waals surface area contributed by atoms with Crippen molar-refractivity contribution in [3.8, 4) is 0 Å². The molecular weight excluding hydrogens is 278 g/mol. The summed E-state index contributed by atoms with van der Waals surface area (Å²) in [6.07, 6.45) is 1.67. The highest BCUT2D eigenvalue weighted by Gasteiger charge is 2.12. The molecular formula is C13H16ClN5O. The van der Waals surface area contributed by atoms with Crippen molar-refractivity contribution in [3.05, 3.63) is 46.7 Å². The summed E-state index contributed by atoms with van der Waals surface area (Å²) in [5.41, 5.74) is 7.01. The summed E-state index contributed by atoms with van der Waals surface area (Å²) in [6.45, 7) is 0.897. The van der Waals surface area contributed by atoms with E-state index >= 15 is 0 Å². The van der Waals surface area contributed by atoms with Crippen molar-refractivity contribution in [2.24, 2.45) is 5.73 Å². The molecule has 20 heavy (non-hydrogen) atoms. The molecule has 2 N–H and O–H groups in total. The largest absolute Gasteiger partial charge is 0.340 e. The summed E-state index contributed by atoms with van der Waals surface area (Å²) in [6, 6.07) is 7.45. The molecule has 0 saturated heterocycles. The molecule has 0 aliphatic heterocycles. The topological polar surface area (TPSA) is 77.0 Å². The number of likely N-dealkylation sites (N-methyl/N-ethyl adjacent to an activating group) is 1. The molecule has 6 nitrogen and oxygen atoms in total. The van der Waals surface area contributed by atoms with Gasteiger partial charge in [-0.25, -0.2) is 4.68 Å². The van der Waals surface area contributed by atoms with Crippen molar-refractivity contribution in [2.75, 3.05) is 7.05 Å². The minimum atomic E-state index is -0.0709. The van der Waals surface area contributed by atoms with Gasteiger partial charge in [-0.15, -0.1) is 5.10 Å². The van der Waals surface area contributed by atoms with Crippen molar-refractivity contribution in [1.29, 1.82) is 0 Å². The van der Waals surface area contributed by atoms with E-state index in [1.54, 1.807) is 24.2 Å². The molecule has 0 spiro atoms. The van der Waals surface area contributed by atoms with Gasteiger partial charge >= 0.3 is 0 Å². The summed E-state index contributed by atoms with van der Waals surface area (Å²) in [5.74, 6) is -0.0709. The Morgan fingerprint density at radius 3 is 2.85 bits per heavy atom. The third-order valence-electron chi connectivity index (χ3n) is 2.88. The number of hydrogen-bond donors (Lipinski definition) is 1. The van der Waals surface area contributed by atoms with Crippen LogP contribution in [0.5, 0.6) is 0 Å². The van der Waals surface area contributed by atoms with Gasteiger partial charge in [0, 0.05) is 25.2 Å². The maximum Gasteiger partial charge on any atom is 0.244 e. The Morgan fingerprint density at radius 1 is 1.45 bits per heavy atom. The van der Waals surface area contributed by atoms with Gasteiger partial charge in [0.05, 0.1) is 11.9 Å². The van der Waals surface area contributed by atoms with Crippen LogP contribution in [0.2, 0.25) is 5.02 Å². The van der Waals surface area contributed by atoms with Crippen LogP contribution in [0.3, 0.4) is 0 Å². The second kappa shape index (κ2) is 6.49. The molecule has 1 amide bonds. The van der Waals surface area contributed by atoms with E-state index in [1.807, 2.05) is 18.2 Å². The first-order valence-corrected chi connectivity index (χ1v) is 6.54. The standard InChI is InChI=1S/C13H16ClN5O/c1-18(7-10-4-2-3-5-12(10)14)13(20)9-19-8-11(6-15)16-17-19/h2-5,8H,6-7,9,15H2,1H3. The van der Waals surface area contributed by atoms with E-state index in [2.05, 4.69) is 10.3 Å². The van der Waals surface area contributed by atoms with Crippen molar-refractivity contribution in [1.82, 2.24) is 19.9 Å². The zero-order chi connectivity index (χ0) is 14.5. The van der Waals surface area contributed by atoms with Gasteiger partial charge in [0.15, 0.2) is 0 Å². The first-order valence-electron chi connectivity index (χ1n) is 6.16. The highest BCUT2D eigenvalue weighted by molar-refractivity contribution is 6.31. The normalized spacial score (nSPS) is 10.6. The maximum absolute atomic E-state index is 12.1. The minimum Gasteiger partial charge on any atom is -0.340 e. The Kier molecular flexibility index (Phi) is 4.70. The summed E-state index contributed by atoms with van der Waals surface area (Å²) < 4.78 is 1.48. The summed E-state index contributed by atoms with van der Waals surface area (Å²) in [5, 5.41) is 8.34. The SMILES string of the molecule is CN(Cc1ccccc1Cl)C(=O)Cn1cc(CN)nn1. The summed E-state index contributed by atoms with van der Waals surface area (Å²) in [7, 11) is 1.73. The number of halogens is 1. The Morgan fingerprint density at radius 2 is 2.20 bits per heavy atom. The number of nitrogens with zero attached hydrogens (tertiary/aromatic N) is 4. The van der Waals surface area contributed by atoms with Crippen LogP contribution < -0.4 is 5.73 Å². The molecule has 0 aliphatic carbocycles. The number of nitrogens with two attached hydrogens (primary N) is 1. The third-order valence-corrected chi connectivity index (χ3v) is 3.25. The first kappa shape index (κ1) is 14.5. The van der Waals surface area contributed by atoms with Gasteiger partial charge in [-0.3, -0.25) is 4.79 Å². The number of carbonyl (C=O) groups excluding carboxylic acids is 1. The van der Waals surface area contributed by atoms with Crippen molar-refractivity contribution in [3.63, 3.8) is 0 Å². The fourth-order valence-electron chi connectivity index (χ4n) is 1.74. The number of benzene rings is 1. The maximum atomic E-state index is 12.1. The lowest BCUT2D eigenvalue weighted by Crippen LogP contribution is -2.30. The lowest BCUT2D eigenvalue weighted by atomic mass is 10.2. The second-order valence-electron chi connectivity index (χ2n) is 4.45. The van der Waals surface area contributed by atoms with Crippen LogP contribution in [0.1, 0.15) is 11.3 Å². The molecule has 0 saturated carbocycles. The van der Waals surface area contributed by atoms with Crippen molar-refractivity contribution in [2.45, 2.75) is 19.6 Å². The highest BCUT2D eigenvalue weighted by Crippen LogP contribution is 2.16. The summed E-state index contributed by atoms with van der Waals surface area (Å²) >= 11 is 6.08. The van der Waals surface area contributed by atoms with Crippen LogP contribution in [0.4, 0.5) is 0 Å². The van der Waals surface area contributed by atoms with Crippen LogP contribution >= 0.6 is 11.6 Å².